The lowest BCUT2D eigenvalue weighted by atomic mass is 9.87. The third-order valence-corrected chi connectivity index (χ3v) is 4.87. The molecule has 0 radical (unpaired) electrons. The van der Waals surface area contributed by atoms with E-state index in [9.17, 15) is 13.5 Å². The molecule has 1 heterocycles. The maximum absolute atomic E-state index is 12.1. The van der Waals surface area contributed by atoms with Crippen molar-refractivity contribution in [2.24, 2.45) is 13.0 Å². The fourth-order valence-corrected chi connectivity index (χ4v) is 3.66. The van der Waals surface area contributed by atoms with E-state index < -0.39 is 10.0 Å². The first-order valence-electron chi connectivity index (χ1n) is 6.35. The molecule has 1 aliphatic carbocycles. The fourth-order valence-electron chi connectivity index (χ4n) is 2.44. The minimum Gasteiger partial charge on any atom is -0.393 e. The van der Waals surface area contributed by atoms with Crippen LogP contribution in [0.15, 0.2) is 11.1 Å². The number of hydrogen-bond donors (Lipinski definition) is 3. The van der Waals surface area contributed by atoms with Gasteiger partial charge in [-0.05, 0) is 25.2 Å². The van der Waals surface area contributed by atoms with Gasteiger partial charge in [-0.25, -0.2) is 13.1 Å². The van der Waals surface area contributed by atoms with Crippen molar-refractivity contribution in [2.75, 3.05) is 12.3 Å². The molecular formula is C11H20N4O3S. The fraction of sp³-hybridized carbons (Fsp3) is 0.727. The first kappa shape index (κ1) is 14.3. The van der Waals surface area contributed by atoms with Gasteiger partial charge in [-0.15, -0.1) is 0 Å². The van der Waals surface area contributed by atoms with Crippen LogP contribution < -0.4 is 10.5 Å². The van der Waals surface area contributed by atoms with Crippen molar-refractivity contribution >= 4 is 15.8 Å². The van der Waals surface area contributed by atoms with Crippen molar-refractivity contribution in [3.8, 4) is 0 Å². The van der Waals surface area contributed by atoms with Crippen molar-refractivity contribution in [3.63, 3.8) is 0 Å². The van der Waals surface area contributed by atoms with E-state index in [1.54, 1.807) is 7.05 Å². The Balaban J connectivity index is 2.00. The van der Waals surface area contributed by atoms with Gasteiger partial charge < -0.3 is 10.8 Å². The molecule has 0 spiro atoms. The third kappa shape index (κ3) is 3.46. The molecule has 4 N–H and O–H groups in total. The van der Waals surface area contributed by atoms with Crippen molar-refractivity contribution in [1.29, 1.82) is 0 Å². The van der Waals surface area contributed by atoms with Crippen molar-refractivity contribution in [1.82, 2.24) is 14.5 Å². The molecular weight excluding hydrogens is 268 g/mol. The smallest absolute Gasteiger partial charge is 0.245 e. The van der Waals surface area contributed by atoms with E-state index in [0.717, 1.165) is 19.3 Å². The number of hydrogen-bond acceptors (Lipinski definition) is 5. The Bertz CT molecular complexity index is 540. The highest BCUT2D eigenvalue weighted by molar-refractivity contribution is 7.89. The van der Waals surface area contributed by atoms with Gasteiger partial charge in [0.15, 0.2) is 5.82 Å². The summed E-state index contributed by atoms with van der Waals surface area (Å²) in [5, 5.41) is 13.4. The van der Waals surface area contributed by atoms with E-state index in [0.29, 0.717) is 13.0 Å². The molecule has 1 saturated carbocycles. The molecule has 1 aromatic heterocycles. The van der Waals surface area contributed by atoms with Crippen LogP contribution in [0, 0.1) is 5.92 Å². The van der Waals surface area contributed by atoms with Gasteiger partial charge in [0.05, 0.1) is 6.10 Å². The minimum absolute atomic E-state index is 0.00122. The molecule has 2 atom stereocenters. The molecule has 1 aliphatic rings. The normalized spacial score (nSPS) is 24.5. The quantitative estimate of drug-likeness (QED) is 0.712. The summed E-state index contributed by atoms with van der Waals surface area (Å²) < 4.78 is 28.1. The number of rotatable bonds is 4. The summed E-state index contributed by atoms with van der Waals surface area (Å²) in [5.74, 6) is 0.176. The second kappa shape index (κ2) is 5.48. The standard InChI is InChI=1S/C11H20N4O3S/c1-15-7-10(11(12)14-15)19(17,18)13-6-8-3-2-4-9(16)5-8/h7-9,13,16H,2-6H2,1H3,(H2,12,14). The lowest BCUT2D eigenvalue weighted by Gasteiger charge is -2.25. The molecule has 2 unspecified atom stereocenters. The monoisotopic (exact) mass is 288 g/mol. The van der Waals surface area contributed by atoms with E-state index in [4.69, 9.17) is 5.73 Å². The average Bonchev–Trinajstić information content (AvgIpc) is 2.67. The van der Waals surface area contributed by atoms with Gasteiger partial charge in [0.2, 0.25) is 10.0 Å². The molecule has 2 rings (SSSR count). The molecule has 1 aromatic rings. The summed E-state index contributed by atoms with van der Waals surface area (Å²) in [4.78, 5) is 0.00589. The Morgan fingerprint density at radius 2 is 2.32 bits per heavy atom. The maximum Gasteiger partial charge on any atom is 0.245 e. The Labute approximate surface area is 112 Å². The van der Waals surface area contributed by atoms with E-state index >= 15 is 0 Å². The second-order valence-electron chi connectivity index (χ2n) is 5.09. The van der Waals surface area contributed by atoms with Gasteiger partial charge in [-0.2, -0.15) is 5.10 Å². The number of nitrogen functional groups attached to an aromatic ring is 1. The molecule has 0 saturated heterocycles. The summed E-state index contributed by atoms with van der Waals surface area (Å²) in [6.07, 6.45) is 4.38. The highest BCUT2D eigenvalue weighted by atomic mass is 32.2. The lowest BCUT2D eigenvalue weighted by molar-refractivity contribution is 0.102. The first-order chi connectivity index (χ1) is 8.88. The van der Waals surface area contributed by atoms with E-state index in [-0.39, 0.29) is 22.7 Å². The number of anilines is 1. The van der Waals surface area contributed by atoms with Crippen LogP contribution in [0.25, 0.3) is 0 Å². The number of nitrogens with one attached hydrogen (secondary N) is 1. The van der Waals surface area contributed by atoms with Gasteiger partial charge in [0, 0.05) is 19.8 Å². The van der Waals surface area contributed by atoms with Gasteiger partial charge >= 0.3 is 0 Å². The number of aliphatic hydroxyl groups excluding tert-OH is 1. The third-order valence-electron chi connectivity index (χ3n) is 3.43. The number of aryl methyl sites for hydroxylation is 1. The molecule has 0 bridgehead atoms. The summed E-state index contributed by atoms with van der Waals surface area (Å²) in [7, 11) is -2.01. The van der Waals surface area contributed by atoms with Gasteiger partial charge in [-0.3, -0.25) is 4.68 Å². The Morgan fingerprint density at radius 1 is 1.58 bits per heavy atom. The second-order valence-corrected chi connectivity index (χ2v) is 6.83. The Kier molecular flexibility index (Phi) is 4.12. The first-order valence-corrected chi connectivity index (χ1v) is 7.83. The van der Waals surface area contributed by atoms with E-state index in [1.165, 1.54) is 10.9 Å². The molecule has 1 fully saturated rings. The zero-order valence-corrected chi connectivity index (χ0v) is 11.7. The van der Waals surface area contributed by atoms with Crippen LogP contribution in [0.3, 0.4) is 0 Å². The van der Waals surface area contributed by atoms with Gasteiger partial charge in [-0.1, -0.05) is 6.42 Å². The predicted molar refractivity (Wildman–Crippen MR) is 70.8 cm³/mol. The number of aromatic nitrogens is 2. The number of sulfonamides is 1. The zero-order chi connectivity index (χ0) is 14.0. The van der Waals surface area contributed by atoms with Crippen LogP contribution in [-0.2, 0) is 17.1 Å². The van der Waals surface area contributed by atoms with Gasteiger partial charge in [0.1, 0.15) is 4.90 Å². The van der Waals surface area contributed by atoms with E-state index in [2.05, 4.69) is 9.82 Å². The molecule has 7 nitrogen and oxygen atoms in total. The molecule has 108 valence electrons. The maximum atomic E-state index is 12.1. The molecule has 0 aliphatic heterocycles. The van der Waals surface area contributed by atoms with Gasteiger partial charge in [0.25, 0.3) is 0 Å². The SMILES string of the molecule is Cn1cc(S(=O)(=O)NCC2CCCC(O)C2)c(N)n1. The molecule has 0 amide bonds. The summed E-state index contributed by atoms with van der Waals surface area (Å²) in [5.41, 5.74) is 5.57. The van der Waals surface area contributed by atoms with Crippen LogP contribution >= 0.6 is 0 Å². The Morgan fingerprint density at radius 3 is 2.89 bits per heavy atom. The summed E-state index contributed by atoms with van der Waals surface area (Å²) in [6.45, 7) is 0.327. The number of nitrogens with two attached hydrogens (primary N) is 1. The summed E-state index contributed by atoms with van der Waals surface area (Å²) in [6, 6.07) is 0. The summed E-state index contributed by atoms with van der Waals surface area (Å²) >= 11 is 0. The Hall–Kier alpha value is -1.12. The largest absolute Gasteiger partial charge is 0.393 e. The van der Waals surface area contributed by atoms with E-state index in [1.807, 2.05) is 0 Å². The zero-order valence-electron chi connectivity index (χ0n) is 10.9. The topological polar surface area (TPSA) is 110 Å². The van der Waals surface area contributed by atoms with Crippen LogP contribution in [0.5, 0.6) is 0 Å². The highest BCUT2D eigenvalue weighted by Crippen LogP contribution is 2.24. The molecule has 0 aromatic carbocycles. The average molecular weight is 288 g/mol. The van der Waals surface area contributed by atoms with Crippen molar-refractivity contribution in [3.05, 3.63) is 6.20 Å². The predicted octanol–water partition coefficient (Wildman–Crippen LogP) is -0.168. The number of aliphatic hydroxyl groups is 1. The lowest BCUT2D eigenvalue weighted by Crippen LogP contribution is -2.33. The molecule has 8 heteroatoms. The van der Waals surface area contributed by atoms with Crippen molar-refractivity contribution < 1.29 is 13.5 Å². The van der Waals surface area contributed by atoms with Crippen LogP contribution in [-0.4, -0.2) is 36.0 Å². The van der Waals surface area contributed by atoms with Crippen LogP contribution in [0.1, 0.15) is 25.7 Å². The minimum atomic E-state index is -3.63. The van der Waals surface area contributed by atoms with Crippen LogP contribution in [0.2, 0.25) is 0 Å². The van der Waals surface area contributed by atoms with Crippen LogP contribution in [0.4, 0.5) is 5.82 Å². The molecule has 19 heavy (non-hydrogen) atoms. The highest BCUT2D eigenvalue weighted by Gasteiger charge is 2.24. The number of nitrogens with zero attached hydrogens (tertiary/aromatic N) is 2. The van der Waals surface area contributed by atoms with Crippen molar-refractivity contribution in [2.45, 2.75) is 36.7 Å².